The van der Waals surface area contributed by atoms with Crippen LogP contribution in [0.1, 0.15) is 39.0 Å². The molecule has 1 amide bonds. The first-order valence-corrected chi connectivity index (χ1v) is 10.5. The van der Waals surface area contributed by atoms with Crippen LogP contribution in [0.15, 0.2) is 73.1 Å². The van der Waals surface area contributed by atoms with E-state index in [-0.39, 0.29) is 5.91 Å². The number of carbonyl (C=O) groups is 2. The van der Waals surface area contributed by atoms with Gasteiger partial charge in [0.15, 0.2) is 0 Å². The quantitative estimate of drug-likeness (QED) is 0.395. The molecule has 0 saturated heterocycles. The first kappa shape index (κ1) is 21.8. The number of ether oxygens (including phenoxy) is 1. The Kier molecular flexibility index (Phi) is 6.50. The fourth-order valence-corrected chi connectivity index (χ4v) is 3.29. The smallest absolute Gasteiger partial charge is 0.255 e. The number of anilines is 1. The molecule has 1 N–H and O–H groups in total. The highest BCUT2D eigenvalue weighted by molar-refractivity contribution is 6.05. The molecule has 2 heterocycles. The molecule has 0 aliphatic heterocycles. The third-order valence-electron chi connectivity index (χ3n) is 4.99. The molecule has 7 heteroatoms. The normalized spacial score (nSPS) is 10.5. The van der Waals surface area contributed by atoms with Crippen molar-refractivity contribution in [1.82, 2.24) is 15.0 Å². The van der Waals surface area contributed by atoms with Crippen LogP contribution in [0, 0.1) is 6.92 Å². The van der Waals surface area contributed by atoms with E-state index < -0.39 is 0 Å². The van der Waals surface area contributed by atoms with Crippen molar-refractivity contribution in [2.75, 3.05) is 5.32 Å². The molecule has 0 aliphatic carbocycles. The molecule has 0 unspecified atom stereocenters. The Morgan fingerprint density at radius 2 is 1.91 bits per heavy atom. The first-order valence-electron chi connectivity index (χ1n) is 10.5. The monoisotopic (exact) mass is 438 g/mol. The average molecular weight is 438 g/mol. The van der Waals surface area contributed by atoms with Crippen LogP contribution in [0.4, 0.5) is 5.69 Å². The van der Waals surface area contributed by atoms with Crippen LogP contribution in [0.3, 0.4) is 0 Å². The third-order valence-corrected chi connectivity index (χ3v) is 4.99. The van der Waals surface area contributed by atoms with E-state index in [9.17, 15) is 9.59 Å². The van der Waals surface area contributed by atoms with Crippen LogP contribution < -0.4 is 10.1 Å². The Labute approximate surface area is 191 Å². The maximum absolute atomic E-state index is 12.5. The lowest BCUT2D eigenvalue weighted by Gasteiger charge is -2.13. The van der Waals surface area contributed by atoms with Gasteiger partial charge in [0.2, 0.25) is 5.88 Å². The average Bonchev–Trinajstić information content (AvgIpc) is 2.86. The summed E-state index contributed by atoms with van der Waals surface area (Å²) in [6.07, 6.45) is 4.84. The van der Waals surface area contributed by atoms with Crippen LogP contribution in [0.25, 0.3) is 11.3 Å². The number of aryl methyl sites for hydroxylation is 2. The van der Waals surface area contributed by atoms with Crippen molar-refractivity contribution in [1.29, 1.82) is 0 Å². The SMILES string of the molecule is CCc1nccc(-c2cccnc2Oc2ccc(NC(=O)c3cccc(C=O)c3)cc2C)n1. The van der Waals surface area contributed by atoms with E-state index in [1.54, 1.807) is 48.8 Å². The van der Waals surface area contributed by atoms with Crippen LogP contribution in [-0.2, 0) is 6.42 Å². The number of hydrogen-bond acceptors (Lipinski definition) is 6. The Bertz CT molecular complexity index is 1320. The van der Waals surface area contributed by atoms with Gasteiger partial charge in [0.25, 0.3) is 5.91 Å². The lowest BCUT2D eigenvalue weighted by molar-refractivity contribution is 0.102. The summed E-state index contributed by atoms with van der Waals surface area (Å²) in [6.45, 7) is 3.89. The molecule has 0 saturated carbocycles. The van der Waals surface area contributed by atoms with Gasteiger partial charge in [0.05, 0.1) is 11.3 Å². The van der Waals surface area contributed by atoms with Crippen molar-refractivity contribution in [2.45, 2.75) is 20.3 Å². The van der Waals surface area contributed by atoms with Gasteiger partial charge in [-0.3, -0.25) is 9.59 Å². The van der Waals surface area contributed by atoms with Gasteiger partial charge >= 0.3 is 0 Å². The third kappa shape index (κ3) is 5.10. The number of nitrogens with zero attached hydrogens (tertiary/aromatic N) is 3. The maximum Gasteiger partial charge on any atom is 0.255 e. The van der Waals surface area contributed by atoms with E-state index in [2.05, 4.69) is 20.3 Å². The number of benzene rings is 2. The number of hydrogen-bond donors (Lipinski definition) is 1. The van der Waals surface area contributed by atoms with Gasteiger partial charge < -0.3 is 10.1 Å². The number of amides is 1. The number of pyridine rings is 1. The van der Waals surface area contributed by atoms with Crippen LogP contribution >= 0.6 is 0 Å². The molecule has 0 radical (unpaired) electrons. The zero-order chi connectivity index (χ0) is 23.2. The van der Waals surface area contributed by atoms with Crippen molar-refractivity contribution < 1.29 is 14.3 Å². The number of aldehydes is 1. The minimum Gasteiger partial charge on any atom is -0.438 e. The van der Waals surface area contributed by atoms with Crippen molar-refractivity contribution in [3.05, 3.63) is 95.6 Å². The number of rotatable bonds is 7. The molecule has 0 bridgehead atoms. The summed E-state index contributed by atoms with van der Waals surface area (Å²) in [5, 5.41) is 2.85. The Balaban J connectivity index is 1.55. The Hall–Kier alpha value is -4.39. The van der Waals surface area contributed by atoms with Gasteiger partial charge in [-0.25, -0.2) is 15.0 Å². The van der Waals surface area contributed by atoms with Gasteiger partial charge in [-0.1, -0.05) is 19.1 Å². The molecular formula is C26H22N4O3. The molecule has 7 nitrogen and oxygen atoms in total. The highest BCUT2D eigenvalue weighted by Crippen LogP contribution is 2.32. The molecule has 0 atom stereocenters. The topological polar surface area (TPSA) is 94.1 Å². The molecule has 0 aliphatic rings. The molecule has 2 aromatic heterocycles. The molecule has 33 heavy (non-hydrogen) atoms. The van der Waals surface area contributed by atoms with E-state index in [0.29, 0.717) is 34.7 Å². The van der Waals surface area contributed by atoms with E-state index in [0.717, 1.165) is 29.1 Å². The lowest BCUT2D eigenvalue weighted by Crippen LogP contribution is -2.12. The molecule has 0 fully saturated rings. The summed E-state index contributed by atoms with van der Waals surface area (Å²) >= 11 is 0. The van der Waals surface area contributed by atoms with Gasteiger partial charge in [-0.05, 0) is 61.0 Å². The zero-order valence-electron chi connectivity index (χ0n) is 18.3. The Morgan fingerprint density at radius 1 is 1.03 bits per heavy atom. The van der Waals surface area contributed by atoms with Crippen LogP contribution in [-0.4, -0.2) is 27.1 Å². The largest absolute Gasteiger partial charge is 0.438 e. The van der Waals surface area contributed by atoms with Crippen molar-refractivity contribution in [2.24, 2.45) is 0 Å². The number of nitrogens with one attached hydrogen (secondary N) is 1. The summed E-state index contributed by atoms with van der Waals surface area (Å²) in [7, 11) is 0. The van der Waals surface area contributed by atoms with Crippen molar-refractivity contribution in [3.8, 4) is 22.9 Å². The lowest BCUT2D eigenvalue weighted by atomic mass is 10.1. The number of carbonyl (C=O) groups excluding carboxylic acids is 2. The summed E-state index contributed by atoms with van der Waals surface area (Å²) in [4.78, 5) is 36.7. The zero-order valence-corrected chi connectivity index (χ0v) is 18.3. The van der Waals surface area contributed by atoms with E-state index in [1.165, 1.54) is 0 Å². The highest BCUT2D eigenvalue weighted by Gasteiger charge is 2.13. The van der Waals surface area contributed by atoms with E-state index in [4.69, 9.17) is 4.74 Å². The van der Waals surface area contributed by atoms with Crippen molar-refractivity contribution in [3.63, 3.8) is 0 Å². The van der Waals surface area contributed by atoms with Gasteiger partial charge in [0, 0.05) is 35.6 Å². The molecule has 4 rings (SSSR count). The molecule has 0 spiro atoms. The summed E-state index contributed by atoms with van der Waals surface area (Å²) < 4.78 is 6.12. The summed E-state index contributed by atoms with van der Waals surface area (Å²) in [6, 6.07) is 17.5. The second kappa shape index (κ2) is 9.82. The second-order valence-corrected chi connectivity index (χ2v) is 7.35. The summed E-state index contributed by atoms with van der Waals surface area (Å²) in [5.41, 5.74) is 3.80. The van der Waals surface area contributed by atoms with E-state index >= 15 is 0 Å². The predicted molar refractivity (Wildman–Crippen MR) is 126 cm³/mol. The van der Waals surface area contributed by atoms with Gasteiger partial charge in [-0.15, -0.1) is 0 Å². The van der Waals surface area contributed by atoms with E-state index in [1.807, 2.05) is 38.1 Å². The van der Waals surface area contributed by atoms with Crippen molar-refractivity contribution >= 4 is 17.9 Å². The Morgan fingerprint density at radius 3 is 2.70 bits per heavy atom. The number of aromatic nitrogens is 3. The van der Waals surface area contributed by atoms with Gasteiger partial charge in [0.1, 0.15) is 17.9 Å². The maximum atomic E-state index is 12.5. The molecular weight excluding hydrogens is 416 g/mol. The molecule has 4 aromatic rings. The fourth-order valence-electron chi connectivity index (χ4n) is 3.29. The summed E-state index contributed by atoms with van der Waals surface area (Å²) in [5.74, 6) is 1.50. The first-order chi connectivity index (χ1) is 16.1. The molecule has 164 valence electrons. The van der Waals surface area contributed by atoms with Crippen LogP contribution in [0.2, 0.25) is 0 Å². The molecule has 2 aromatic carbocycles. The standard InChI is InChI=1S/C26H22N4O3/c1-3-24-27-13-11-22(30-24)21-8-5-12-28-26(21)33-23-10-9-20(14-17(23)2)29-25(32)19-7-4-6-18(15-19)16-31/h4-16H,3H2,1-2H3,(H,29,32). The fraction of sp³-hybridized carbons (Fsp3) is 0.115. The minimum atomic E-state index is -0.297. The highest BCUT2D eigenvalue weighted by atomic mass is 16.5. The second-order valence-electron chi connectivity index (χ2n) is 7.35. The predicted octanol–water partition coefficient (Wildman–Crippen LogP) is 5.27. The van der Waals surface area contributed by atoms with Crippen LogP contribution in [0.5, 0.6) is 11.6 Å². The van der Waals surface area contributed by atoms with Gasteiger partial charge in [-0.2, -0.15) is 0 Å². The minimum absolute atomic E-state index is 0.297.